The second kappa shape index (κ2) is 7.76. The van der Waals surface area contributed by atoms with E-state index >= 15 is 0 Å². The third-order valence-corrected chi connectivity index (χ3v) is 3.06. The minimum atomic E-state index is 0.728. The number of nitrogens with one attached hydrogen (secondary N) is 1. The Balaban J connectivity index is 1.92. The van der Waals surface area contributed by atoms with Crippen molar-refractivity contribution in [3.63, 3.8) is 0 Å². The molecule has 4 heteroatoms. The molecule has 0 atom stereocenters. The van der Waals surface area contributed by atoms with Crippen LogP contribution in [-0.4, -0.2) is 24.7 Å². The van der Waals surface area contributed by atoms with Gasteiger partial charge in [0.2, 0.25) is 0 Å². The van der Waals surface area contributed by atoms with Gasteiger partial charge in [-0.3, -0.25) is 0 Å². The van der Waals surface area contributed by atoms with Crippen LogP contribution in [0.15, 0.2) is 5.38 Å². The fraction of sp³-hybridized carbons (Fsp3) is 0.750. The number of thiazole rings is 1. The molecule has 0 aliphatic rings. The monoisotopic (exact) mass is 242 g/mol. The number of hydrogen-bond donors (Lipinski definition) is 1. The van der Waals surface area contributed by atoms with Gasteiger partial charge >= 0.3 is 0 Å². The lowest BCUT2D eigenvalue weighted by molar-refractivity contribution is 0.125. The standard InChI is InChI=1S/C12H22N2OS/c1-10(2)4-6-15-7-5-13-8-12-9-16-11(3)14-12/h9-10,13H,4-8H2,1-3H3. The van der Waals surface area contributed by atoms with Crippen LogP contribution in [0.3, 0.4) is 0 Å². The summed E-state index contributed by atoms with van der Waals surface area (Å²) in [6.45, 7) is 9.86. The molecule has 0 spiro atoms. The SMILES string of the molecule is Cc1nc(CNCCOCCC(C)C)cs1. The molecule has 3 nitrogen and oxygen atoms in total. The van der Waals surface area contributed by atoms with Crippen molar-refractivity contribution in [3.05, 3.63) is 16.1 Å². The van der Waals surface area contributed by atoms with Crippen LogP contribution >= 0.6 is 11.3 Å². The average Bonchev–Trinajstić information content (AvgIpc) is 2.62. The van der Waals surface area contributed by atoms with E-state index in [0.29, 0.717) is 0 Å². The van der Waals surface area contributed by atoms with Gasteiger partial charge in [0.05, 0.1) is 17.3 Å². The first-order valence-corrected chi connectivity index (χ1v) is 6.76. The van der Waals surface area contributed by atoms with Crippen LogP contribution in [0.5, 0.6) is 0 Å². The summed E-state index contributed by atoms with van der Waals surface area (Å²) in [7, 11) is 0. The highest BCUT2D eigenvalue weighted by Gasteiger charge is 1.97. The van der Waals surface area contributed by atoms with E-state index < -0.39 is 0 Å². The van der Waals surface area contributed by atoms with Crippen molar-refractivity contribution >= 4 is 11.3 Å². The minimum absolute atomic E-state index is 0.728. The average molecular weight is 242 g/mol. The maximum absolute atomic E-state index is 5.51. The lowest BCUT2D eigenvalue weighted by Gasteiger charge is -2.06. The van der Waals surface area contributed by atoms with E-state index in [1.54, 1.807) is 11.3 Å². The summed E-state index contributed by atoms with van der Waals surface area (Å²) in [6.07, 6.45) is 1.14. The van der Waals surface area contributed by atoms with E-state index in [1.165, 1.54) is 0 Å². The van der Waals surface area contributed by atoms with E-state index in [9.17, 15) is 0 Å². The molecule has 16 heavy (non-hydrogen) atoms. The van der Waals surface area contributed by atoms with Crippen LogP contribution in [0, 0.1) is 12.8 Å². The Morgan fingerprint density at radius 2 is 2.25 bits per heavy atom. The van der Waals surface area contributed by atoms with Gasteiger partial charge in [-0.2, -0.15) is 0 Å². The smallest absolute Gasteiger partial charge is 0.0897 e. The number of rotatable bonds is 8. The number of ether oxygens (including phenoxy) is 1. The highest BCUT2D eigenvalue weighted by Crippen LogP contribution is 2.06. The van der Waals surface area contributed by atoms with Gasteiger partial charge in [-0.05, 0) is 19.3 Å². The predicted molar refractivity (Wildman–Crippen MR) is 68.8 cm³/mol. The van der Waals surface area contributed by atoms with Crippen LogP contribution in [0.1, 0.15) is 31.0 Å². The molecule has 0 amide bonds. The van der Waals surface area contributed by atoms with Crippen molar-refractivity contribution in [1.29, 1.82) is 0 Å². The molecule has 0 radical (unpaired) electrons. The highest BCUT2D eigenvalue weighted by atomic mass is 32.1. The highest BCUT2D eigenvalue weighted by molar-refractivity contribution is 7.09. The molecule has 1 aromatic heterocycles. The van der Waals surface area contributed by atoms with Crippen LogP contribution < -0.4 is 5.32 Å². The molecule has 0 aliphatic heterocycles. The summed E-state index contributed by atoms with van der Waals surface area (Å²) in [4.78, 5) is 4.38. The van der Waals surface area contributed by atoms with E-state index in [2.05, 4.69) is 29.5 Å². The van der Waals surface area contributed by atoms with Gasteiger partial charge in [-0.1, -0.05) is 13.8 Å². The number of hydrogen-bond acceptors (Lipinski definition) is 4. The first-order valence-electron chi connectivity index (χ1n) is 5.88. The molecule has 0 unspecified atom stereocenters. The van der Waals surface area contributed by atoms with Crippen molar-refractivity contribution < 1.29 is 4.74 Å². The minimum Gasteiger partial charge on any atom is -0.380 e. The van der Waals surface area contributed by atoms with Crippen LogP contribution in [0.4, 0.5) is 0 Å². The molecule has 0 saturated carbocycles. The Bertz CT molecular complexity index is 286. The number of aromatic nitrogens is 1. The van der Waals surface area contributed by atoms with Crippen LogP contribution in [0.25, 0.3) is 0 Å². The molecule has 0 fully saturated rings. The van der Waals surface area contributed by atoms with Crippen LogP contribution in [-0.2, 0) is 11.3 Å². The maximum atomic E-state index is 5.51. The zero-order valence-corrected chi connectivity index (χ0v) is 11.3. The third kappa shape index (κ3) is 6.20. The number of nitrogens with zero attached hydrogens (tertiary/aromatic N) is 1. The number of aryl methyl sites for hydroxylation is 1. The lowest BCUT2D eigenvalue weighted by Crippen LogP contribution is -2.19. The summed E-state index contributed by atoms with van der Waals surface area (Å²) < 4.78 is 5.51. The molecular formula is C12H22N2OS. The first kappa shape index (κ1) is 13.6. The van der Waals surface area contributed by atoms with Gasteiger partial charge in [0.1, 0.15) is 0 Å². The summed E-state index contributed by atoms with van der Waals surface area (Å²) in [5.41, 5.74) is 1.13. The van der Waals surface area contributed by atoms with Gasteiger partial charge in [0, 0.05) is 25.1 Å². The largest absolute Gasteiger partial charge is 0.380 e. The summed E-state index contributed by atoms with van der Waals surface area (Å²) in [5, 5.41) is 6.55. The molecule has 1 N–H and O–H groups in total. The lowest BCUT2D eigenvalue weighted by atomic mass is 10.1. The molecule has 0 saturated heterocycles. The molecule has 0 aliphatic carbocycles. The first-order chi connectivity index (χ1) is 7.68. The van der Waals surface area contributed by atoms with E-state index in [1.807, 2.05) is 6.92 Å². The van der Waals surface area contributed by atoms with Gasteiger partial charge < -0.3 is 10.1 Å². The van der Waals surface area contributed by atoms with Gasteiger partial charge in [0.25, 0.3) is 0 Å². The van der Waals surface area contributed by atoms with E-state index in [0.717, 1.165) is 49.3 Å². The molecule has 1 aromatic rings. The van der Waals surface area contributed by atoms with Gasteiger partial charge in [-0.15, -0.1) is 11.3 Å². The maximum Gasteiger partial charge on any atom is 0.0897 e. The molecule has 1 heterocycles. The summed E-state index contributed by atoms with van der Waals surface area (Å²) in [5.74, 6) is 0.728. The van der Waals surface area contributed by atoms with Crippen molar-refractivity contribution in [3.8, 4) is 0 Å². The van der Waals surface area contributed by atoms with E-state index in [4.69, 9.17) is 4.74 Å². The van der Waals surface area contributed by atoms with Gasteiger partial charge in [-0.25, -0.2) is 4.98 Å². The van der Waals surface area contributed by atoms with Crippen molar-refractivity contribution in [2.45, 2.75) is 33.7 Å². The van der Waals surface area contributed by atoms with Crippen molar-refractivity contribution in [2.24, 2.45) is 5.92 Å². The quantitative estimate of drug-likeness (QED) is 0.712. The fourth-order valence-corrected chi connectivity index (χ4v) is 1.88. The Hall–Kier alpha value is -0.450. The molecule has 0 aromatic carbocycles. The summed E-state index contributed by atoms with van der Waals surface area (Å²) in [6, 6.07) is 0. The third-order valence-electron chi connectivity index (χ3n) is 2.24. The second-order valence-electron chi connectivity index (χ2n) is 4.33. The van der Waals surface area contributed by atoms with Crippen LogP contribution in [0.2, 0.25) is 0 Å². The summed E-state index contributed by atoms with van der Waals surface area (Å²) >= 11 is 1.70. The molecule has 0 bridgehead atoms. The molecular weight excluding hydrogens is 220 g/mol. The second-order valence-corrected chi connectivity index (χ2v) is 5.39. The fourth-order valence-electron chi connectivity index (χ4n) is 1.27. The Morgan fingerprint density at radius 1 is 1.44 bits per heavy atom. The predicted octanol–water partition coefficient (Wildman–Crippen LogP) is 2.60. The normalized spacial score (nSPS) is 11.2. The van der Waals surface area contributed by atoms with E-state index in [-0.39, 0.29) is 0 Å². The Kier molecular flexibility index (Phi) is 6.61. The Labute approximate surface area is 102 Å². The Morgan fingerprint density at radius 3 is 2.88 bits per heavy atom. The van der Waals surface area contributed by atoms with Crippen molar-refractivity contribution in [1.82, 2.24) is 10.3 Å². The van der Waals surface area contributed by atoms with Gasteiger partial charge in [0.15, 0.2) is 0 Å². The topological polar surface area (TPSA) is 34.2 Å². The zero-order chi connectivity index (χ0) is 11.8. The molecule has 92 valence electrons. The molecule has 1 rings (SSSR count). The van der Waals surface area contributed by atoms with Crippen molar-refractivity contribution in [2.75, 3.05) is 19.8 Å². The zero-order valence-electron chi connectivity index (χ0n) is 10.5.